The van der Waals surface area contributed by atoms with Crippen molar-refractivity contribution in [3.63, 3.8) is 0 Å². The molecule has 6 heteroatoms. The summed E-state index contributed by atoms with van der Waals surface area (Å²) < 4.78 is 2.79. The highest BCUT2D eigenvalue weighted by Gasteiger charge is 2.16. The fraction of sp³-hybridized carbons (Fsp3) is 0.417. The molecule has 4 nitrogen and oxygen atoms in total. The molecule has 0 aromatic carbocycles. The second kappa shape index (κ2) is 5.52. The standard InChI is InChI=1S/C12H14ClIN4/c1-4-18-8(5-6-15-18)12-16-10(7(2)3)9(14)11(13)17-12/h5-7H,4H2,1-3H3. The lowest BCUT2D eigenvalue weighted by molar-refractivity contribution is 0.662. The van der Waals surface area contributed by atoms with Crippen LogP contribution >= 0.6 is 34.2 Å². The monoisotopic (exact) mass is 376 g/mol. The van der Waals surface area contributed by atoms with Gasteiger partial charge in [-0.1, -0.05) is 25.4 Å². The molecule has 0 unspecified atom stereocenters. The van der Waals surface area contributed by atoms with Gasteiger partial charge in [-0.25, -0.2) is 9.97 Å². The smallest absolute Gasteiger partial charge is 0.179 e. The summed E-state index contributed by atoms with van der Waals surface area (Å²) in [5, 5.41) is 4.74. The Labute approximate surface area is 125 Å². The van der Waals surface area contributed by atoms with Gasteiger partial charge in [0.25, 0.3) is 0 Å². The van der Waals surface area contributed by atoms with Crippen molar-refractivity contribution >= 4 is 34.2 Å². The van der Waals surface area contributed by atoms with Crippen molar-refractivity contribution in [2.24, 2.45) is 0 Å². The van der Waals surface area contributed by atoms with Crippen LogP contribution in [0.4, 0.5) is 0 Å². The number of hydrogen-bond acceptors (Lipinski definition) is 3. The van der Waals surface area contributed by atoms with E-state index in [1.54, 1.807) is 6.20 Å². The second-order valence-corrected chi connectivity index (χ2v) is 5.66. The molecule has 0 saturated heterocycles. The summed E-state index contributed by atoms with van der Waals surface area (Å²) >= 11 is 8.38. The van der Waals surface area contributed by atoms with Crippen LogP contribution in [0.2, 0.25) is 5.15 Å². The highest BCUT2D eigenvalue weighted by molar-refractivity contribution is 14.1. The van der Waals surface area contributed by atoms with E-state index in [0.29, 0.717) is 16.9 Å². The topological polar surface area (TPSA) is 43.6 Å². The first kappa shape index (κ1) is 13.7. The number of aryl methyl sites for hydroxylation is 1. The molecular weight excluding hydrogens is 363 g/mol. The zero-order valence-corrected chi connectivity index (χ0v) is 13.4. The summed E-state index contributed by atoms with van der Waals surface area (Å²) in [5.41, 5.74) is 1.88. The molecule has 2 aromatic rings. The molecule has 0 radical (unpaired) electrons. The summed E-state index contributed by atoms with van der Waals surface area (Å²) in [6.45, 7) is 7.02. The summed E-state index contributed by atoms with van der Waals surface area (Å²) in [5.74, 6) is 0.956. The van der Waals surface area contributed by atoms with Crippen molar-refractivity contribution in [1.29, 1.82) is 0 Å². The maximum atomic E-state index is 6.19. The third kappa shape index (κ3) is 2.51. The van der Waals surface area contributed by atoms with Gasteiger partial charge in [-0.3, -0.25) is 4.68 Å². The van der Waals surface area contributed by atoms with E-state index in [9.17, 15) is 0 Å². The molecule has 0 N–H and O–H groups in total. The lowest BCUT2D eigenvalue weighted by atomic mass is 10.1. The van der Waals surface area contributed by atoms with Gasteiger partial charge in [-0.2, -0.15) is 5.10 Å². The van der Waals surface area contributed by atoms with Crippen molar-refractivity contribution in [3.8, 4) is 11.5 Å². The Bertz CT molecular complexity index is 565. The van der Waals surface area contributed by atoms with Gasteiger partial charge < -0.3 is 0 Å². The van der Waals surface area contributed by atoms with Crippen molar-refractivity contribution in [3.05, 3.63) is 26.7 Å². The Morgan fingerprint density at radius 2 is 2.11 bits per heavy atom. The Morgan fingerprint density at radius 3 is 2.72 bits per heavy atom. The van der Waals surface area contributed by atoms with Gasteiger partial charge in [0.2, 0.25) is 0 Å². The van der Waals surface area contributed by atoms with Crippen LogP contribution in [-0.2, 0) is 6.54 Å². The minimum absolute atomic E-state index is 0.314. The first-order chi connectivity index (χ1) is 8.54. The van der Waals surface area contributed by atoms with Crippen LogP contribution < -0.4 is 0 Å². The van der Waals surface area contributed by atoms with E-state index in [2.05, 4.69) is 51.5 Å². The van der Waals surface area contributed by atoms with E-state index < -0.39 is 0 Å². The number of aromatic nitrogens is 4. The molecule has 0 bridgehead atoms. The number of halogens is 2. The Morgan fingerprint density at radius 1 is 1.39 bits per heavy atom. The normalized spacial score (nSPS) is 11.2. The molecule has 0 amide bonds. The summed E-state index contributed by atoms with van der Waals surface area (Å²) in [4.78, 5) is 8.97. The molecule has 0 saturated carbocycles. The van der Waals surface area contributed by atoms with Crippen LogP contribution in [0.25, 0.3) is 11.5 Å². The van der Waals surface area contributed by atoms with Crippen LogP contribution in [-0.4, -0.2) is 19.7 Å². The zero-order valence-electron chi connectivity index (χ0n) is 10.5. The van der Waals surface area contributed by atoms with E-state index in [0.717, 1.165) is 21.5 Å². The van der Waals surface area contributed by atoms with E-state index >= 15 is 0 Å². The molecule has 18 heavy (non-hydrogen) atoms. The quantitative estimate of drug-likeness (QED) is 0.605. The molecule has 2 heterocycles. The lowest BCUT2D eigenvalue weighted by Gasteiger charge is -2.11. The molecule has 0 aliphatic carbocycles. The van der Waals surface area contributed by atoms with E-state index in [4.69, 9.17) is 11.6 Å². The van der Waals surface area contributed by atoms with E-state index in [1.807, 2.05) is 17.7 Å². The first-order valence-corrected chi connectivity index (χ1v) is 7.25. The number of nitrogens with zero attached hydrogens (tertiary/aromatic N) is 4. The summed E-state index contributed by atoms with van der Waals surface area (Å²) in [6.07, 6.45) is 1.75. The minimum Gasteiger partial charge on any atom is -0.262 e. The maximum Gasteiger partial charge on any atom is 0.179 e. The zero-order chi connectivity index (χ0) is 13.3. The van der Waals surface area contributed by atoms with Gasteiger partial charge in [-0.15, -0.1) is 0 Å². The number of hydrogen-bond donors (Lipinski definition) is 0. The number of rotatable bonds is 3. The molecule has 0 spiro atoms. The van der Waals surface area contributed by atoms with Crippen molar-refractivity contribution in [1.82, 2.24) is 19.7 Å². The van der Waals surface area contributed by atoms with Gasteiger partial charge in [0.1, 0.15) is 10.8 Å². The Kier molecular flexibility index (Phi) is 4.21. The minimum atomic E-state index is 0.314. The van der Waals surface area contributed by atoms with Crippen LogP contribution in [0, 0.1) is 3.57 Å². The van der Waals surface area contributed by atoms with Gasteiger partial charge in [0.15, 0.2) is 5.82 Å². The van der Waals surface area contributed by atoms with Crippen molar-refractivity contribution in [2.45, 2.75) is 33.2 Å². The Hall–Kier alpha value is -0.690. The molecule has 0 aliphatic heterocycles. The Balaban J connectivity index is 2.59. The predicted octanol–water partition coefficient (Wildman–Crippen LogP) is 3.74. The molecular formula is C12H14ClIN4. The fourth-order valence-electron chi connectivity index (χ4n) is 1.71. The van der Waals surface area contributed by atoms with E-state index in [1.165, 1.54) is 0 Å². The fourth-order valence-corrected chi connectivity index (χ4v) is 2.75. The summed E-state index contributed by atoms with van der Waals surface area (Å²) in [6, 6.07) is 1.91. The van der Waals surface area contributed by atoms with Gasteiger partial charge in [-0.05, 0) is 41.5 Å². The van der Waals surface area contributed by atoms with Crippen molar-refractivity contribution < 1.29 is 0 Å². The van der Waals surface area contributed by atoms with Crippen LogP contribution in [0.3, 0.4) is 0 Å². The largest absolute Gasteiger partial charge is 0.262 e. The third-order valence-corrected chi connectivity index (χ3v) is 4.28. The molecule has 0 aliphatic rings. The van der Waals surface area contributed by atoms with Gasteiger partial charge in [0, 0.05) is 12.7 Å². The highest BCUT2D eigenvalue weighted by Crippen LogP contribution is 2.27. The maximum absolute atomic E-state index is 6.19. The molecule has 2 aromatic heterocycles. The van der Waals surface area contributed by atoms with Crippen LogP contribution in [0.15, 0.2) is 12.3 Å². The van der Waals surface area contributed by atoms with Crippen molar-refractivity contribution in [2.75, 3.05) is 0 Å². The third-order valence-electron chi connectivity index (χ3n) is 2.63. The lowest BCUT2D eigenvalue weighted by Crippen LogP contribution is -2.06. The predicted molar refractivity (Wildman–Crippen MR) is 80.7 cm³/mol. The van der Waals surface area contributed by atoms with E-state index in [-0.39, 0.29) is 0 Å². The molecule has 0 atom stereocenters. The van der Waals surface area contributed by atoms with Crippen LogP contribution in [0.1, 0.15) is 32.4 Å². The molecule has 2 rings (SSSR count). The van der Waals surface area contributed by atoms with Gasteiger partial charge in [0.05, 0.1) is 9.26 Å². The summed E-state index contributed by atoms with van der Waals surface area (Å²) in [7, 11) is 0. The molecule has 0 fully saturated rings. The average molecular weight is 377 g/mol. The average Bonchev–Trinajstić information content (AvgIpc) is 2.80. The highest BCUT2D eigenvalue weighted by atomic mass is 127. The SMILES string of the molecule is CCn1nccc1-c1nc(Cl)c(I)c(C(C)C)n1. The molecule has 96 valence electrons. The second-order valence-electron chi connectivity index (χ2n) is 4.22. The first-order valence-electron chi connectivity index (χ1n) is 5.79. The van der Waals surface area contributed by atoms with Gasteiger partial charge >= 0.3 is 0 Å². The van der Waals surface area contributed by atoms with Crippen LogP contribution in [0.5, 0.6) is 0 Å².